The molecular formula is C17H14N4O3. The molecule has 24 heavy (non-hydrogen) atoms. The molecule has 2 aromatic heterocycles. The van der Waals surface area contributed by atoms with Gasteiger partial charge in [0.05, 0.1) is 11.0 Å². The average molecular weight is 322 g/mol. The van der Waals surface area contributed by atoms with Gasteiger partial charge in [-0.15, -0.1) is 0 Å². The van der Waals surface area contributed by atoms with Gasteiger partial charge in [0.1, 0.15) is 5.56 Å². The summed E-state index contributed by atoms with van der Waals surface area (Å²) in [5.41, 5.74) is 1.93. The van der Waals surface area contributed by atoms with Gasteiger partial charge in [0.15, 0.2) is 5.78 Å². The molecule has 3 N–H and O–H groups in total. The lowest BCUT2D eigenvalue weighted by molar-refractivity contribution is 0.0971. The topological polar surface area (TPSA) is 108 Å². The normalized spacial score (nSPS) is 13.8. The highest BCUT2D eigenvalue weighted by atomic mass is 16.2. The van der Waals surface area contributed by atoms with Crippen molar-refractivity contribution in [2.24, 2.45) is 0 Å². The van der Waals surface area contributed by atoms with Crippen LogP contribution in [-0.2, 0) is 6.42 Å². The number of nitrogens with zero attached hydrogens (tertiary/aromatic N) is 1. The van der Waals surface area contributed by atoms with E-state index in [1.807, 2.05) is 24.3 Å². The Morgan fingerprint density at radius 1 is 1.12 bits per heavy atom. The Hall–Kier alpha value is -3.22. The lowest BCUT2D eigenvalue weighted by Gasteiger charge is -2.14. The molecule has 1 aliphatic rings. The summed E-state index contributed by atoms with van der Waals surface area (Å²) < 4.78 is 0. The molecule has 1 aliphatic carbocycles. The van der Waals surface area contributed by atoms with Gasteiger partial charge >= 0.3 is 0 Å². The van der Waals surface area contributed by atoms with Gasteiger partial charge in [-0.2, -0.15) is 0 Å². The molecule has 0 saturated carbocycles. The summed E-state index contributed by atoms with van der Waals surface area (Å²) >= 11 is 0. The highest BCUT2D eigenvalue weighted by Crippen LogP contribution is 2.19. The van der Waals surface area contributed by atoms with E-state index in [4.69, 9.17) is 0 Å². The van der Waals surface area contributed by atoms with Gasteiger partial charge in [-0.1, -0.05) is 12.1 Å². The molecule has 0 radical (unpaired) electrons. The van der Waals surface area contributed by atoms with Crippen LogP contribution in [0.15, 0.2) is 35.1 Å². The van der Waals surface area contributed by atoms with E-state index in [9.17, 15) is 14.4 Å². The van der Waals surface area contributed by atoms with Crippen LogP contribution in [0, 0.1) is 0 Å². The lowest BCUT2D eigenvalue weighted by Crippen LogP contribution is -2.27. The van der Waals surface area contributed by atoms with Crippen molar-refractivity contribution in [3.63, 3.8) is 0 Å². The van der Waals surface area contributed by atoms with E-state index in [0.29, 0.717) is 36.0 Å². The van der Waals surface area contributed by atoms with Crippen LogP contribution in [0.3, 0.4) is 0 Å². The first-order valence-corrected chi connectivity index (χ1v) is 7.67. The second kappa shape index (κ2) is 5.45. The van der Waals surface area contributed by atoms with Gasteiger partial charge in [0, 0.05) is 17.7 Å². The standard InChI is InChI=1S/C17H14N4O3/c22-14-7-3-6-11-9(14)8-10(15(23)18-11)16(24)21-17-19-12-4-1-2-5-13(12)20-17/h1-2,4-5,8H,3,6-7H2,(H,18,23)(H2,19,20,21,24). The molecule has 3 aromatic rings. The number of hydrogen-bond donors (Lipinski definition) is 3. The summed E-state index contributed by atoms with van der Waals surface area (Å²) in [5, 5.41) is 2.57. The predicted octanol–water partition coefficient (Wildman–Crippen LogP) is 2.02. The van der Waals surface area contributed by atoms with E-state index >= 15 is 0 Å². The van der Waals surface area contributed by atoms with Crippen molar-refractivity contribution < 1.29 is 9.59 Å². The number of pyridine rings is 1. The summed E-state index contributed by atoms with van der Waals surface area (Å²) in [6, 6.07) is 8.72. The minimum atomic E-state index is -0.600. The number of benzene rings is 1. The van der Waals surface area contributed by atoms with Crippen LogP contribution >= 0.6 is 0 Å². The van der Waals surface area contributed by atoms with Crippen LogP contribution in [0.1, 0.15) is 39.3 Å². The van der Waals surface area contributed by atoms with Crippen molar-refractivity contribution in [3.8, 4) is 0 Å². The number of Topliss-reactive ketones (excluding diaryl/α,β-unsaturated/α-hetero) is 1. The molecule has 4 rings (SSSR count). The number of para-hydroxylation sites is 2. The Morgan fingerprint density at radius 2 is 1.96 bits per heavy atom. The molecule has 0 saturated heterocycles. The third kappa shape index (κ3) is 2.40. The van der Waals surface area contributed by atoms with Gasteiger partial charge in [0.2, 0.25) is 5.95 Å². The van der Waals surface area contributed by atoms with E-state index in [-0.39, 0.29) is 17.3 Å². The fraction of sp³-hybridized carbons (Fsp3) is 0.176. The zero-order valence-electron chi connectivity index (χ0n) is 12.7. The summed E-state index contributed by atoms with van der Waals surface area (Å²) in [6.45, 7) is 0. The number of aromatic nitrogens is 3. The number of fused-ring (bicyclic) bond motifs is 2. The quantitative estimate of drug-likeness (QED) is 0.671. The first-order chi connectivity index (χ1) is 11.6. The van der Waals surface area contributed by atoms with Crippen LogP contribution in [0.25, 0.3) is 11.0 Å². The highest BCUT2D eigenvalue weighted by Gasteiger charge is 2.22. The molecule has 0 aliphatic heterocycles. The van der Waals surface area contributed by atoms with E-state index in [1.54, 1.807) is 0 Å². The molecule has 0 atom stereocenters. The van der Waals surface area contributed by atoms with Gasteiger partial charge in [-0.05, 0) is 31.0 Å². The smallest absolute Gasteiger partial charge is 0.263 e. The molecule has 7 nitrogen and oxygen atoms in total. The van der Waals surface area contributed by atoms with Crippen molar-refractivity contribution in [1.29, 1.82) is 0 Å². The third-order valence-electron chi connectivity index (χ3n) is 4.12. The largest absolute Gasteiger partial charge is 0.325 e. The van der Waals surface area contributed by atoms with Crippen LogP contribution in [0.4, 0.5) is 5.95 Å². The van der Waals surface area contributed by atoms with Gasteiger partial charge in [0.25, 0.3) is 11.5 Å². The Balaban J connectivity index is 1.68. The minimum absolute atomic E-state index is 0.0507. The molecule has 120 valence electrons. The Labute approximate surface area is 136 Å². The first-order valence-electron chi connectivity index (χ1n) is 7.67. The number of hydrogen-bond acceptors (Lipinski definition) is 4. The number of ketones is 1. The number of carbonyl (C=O) groups excluding carboxylic acids is 2. The zero-order valence-corrected chi connectivity index (χ0v) is 12.7. The van der Waals surface area contributed by atoms with Gasteiger partial charge in [-0.25, -0.2) is 4.98 Å². The van der Waals surface area contributed by atoms with Crippen LogP contribution in [-0.4, -0.2) is 26.6 Å². The second-order valence-corrected chi connectivity index (χ2v) is 5.74. The fourth-order valence-electron chi connectivity index (χ4n) is 2.93. The predicted molar refractivity (Wildman–Crippen MR) is 88.4 cm³/mol. The number of imidazole rings is 1. The van der Waals surface area contributed by atoms with E-state index in [1.165, 1.54) is 6.07 Å². The monoisotopic (exact) mass is 322 g/mol. The van der Waals surface area contributed by atoms with Crippen LogP contribution in [0.5, 0.6) is 0 Å². The van der Waals surface area contributed by atoms with Crippen molar-refractivity contribution in [2.75, 3.05) is 5.32 Å². The van der Waals surface area contributed by atoms with Crippen LogP contribution in [0.2, 0.25) is 0 Å². The summed E-state index contributed by atoms with van der Waals surface area (Å²) in [4.78, 5) is 46.4. The molecule has 1 aromatic carbocycles. The molecule has 0 bridgehead atoms. The molecule has 0 unspecified atom stereocenters. The number of nitrogens with one attached hydrogen (secondary N) is 3. The average Bonchev–Trinajstić information content (AvgIpc) is 2.96. The Bertz CT molecular complexity index is 999. The summed E-state index contributed by atoms with van der Waals surface area (Å²) in [7, 11) is 0. The molecule has 7 heteroatoms. The molecule has 1 amide bonds. The lowest BCUT2D eigenvalue weighted by atomic mass is 9.93. The maximum Gasteiger partial charge on any atom is 0.263 e. The minimum Gasteiger partial charge on any atom is -0.325 e. The van der Waals surface area contributed by atoms with E-state index in [2.05, 4.69) is 20.3 Å². The molecular weight excluding hydrogens is 308 g/mol. The highest BCUT2D eigenvalue weighted by molar-refractivity contribution is 6.06. The molecule has 0 fully saturated rings. The fourth-order valence-corrected chi connectivity index (χ4v) is 2.93. The third-order valence-corrected chi connectivity index (χ3v) is 4.12. The number of amides is 1. The number of rotatable bonds is 2. The van der Waals surface area contributed by atoms with Crippen molar-refractivity contribution in [3.05, 3.63) is 57.5 Å². The number of H-pyrrole nitrogens is 2. The Kier molecular flexibility index (Phi) is 3.26. The van der Waals surface area contributed by atoms with Gasteiger partial charge < -0.3 is 9.97 Å². The second-order valence-electron chi connectivity index (χ2n) is 5.74. The van der Waals surface area contributed by atoms with Crippen LogP contribution < -0.4 is 10.9 Å². The number of carbonyl (C=O) groups is 2. The Morgan fingerprint density at radius 3 is 2.79 bits per heavy atom. The zero-order chi connectivity index (χ0) is 16.7. The van der Waals surface area contributed by atoms with Crippen molar-refractivity contribution >= 4 is 28.7 Å². The maximum atomic E-state index is 12.4. The molecule has 2 heterocycles. The SMILES string of the molecule is O=C1CCCc2[nH]c(=O)c(C(=O)Nc3nc4ccccc4[nH]3)cc21. The van der Waals surface area contributed by atoms with E-state index < -0.39 is 11.5 Å². The van der Waals surface area contributed by atoms with Crippen molar-refractivity contribution in [2.45, 2.75) is 19.3 Å². The number of aryl methyl sites for hydroxylation is 1. The van der Waals surface area contributed by atoms with Crippen molar-refractivity contribution in [1.82, 2.24) is 15.0 Å². The maximum absolute atomic E-state index is 12.4. The number of aromatic amines is 2. The van der Waals surface area contributed by atoms with E-state index in [0.717, 1.165) is 5.52 Å². The van der Waals surface area contributed by atoms with Gasteiger partial charge in [-0.3, -0.25) is 19.7 Å². The summed E-state index contributed by atoms with van der Waals surface area (Å²) in [6.07, 6.45) is 1.79. The first kappa shape index (κ1) is 14.4. The molecule has 0 spiro atoms. The number of anilines is 1. The summed E-state index contributed by atoms with van der Waals surface area (Å²) in [5.74, 6) is -0.397.